The fourth-order valence-electron chi connectivity index (χ4n) is 2.20. The number of aromatic nitrogens is 1. The summed E-state index contributed by atoms with van der Waals surface area (Å²) in [5.74, 6) is -1.00. The Morgan fingerprint density at radius 2 is 2.05 bits per heavy atom. The smallest absolute Gasteiger partial charge is 0.408 e. The van der Waals surface area contributed by atoms with E-state index in [-0.39, 0.29) is 10.6 Å². The lowest BCUT2D eigenvalue weighted by atomic mass is 10.0. The molecule has 3 rings (SSSR count). The predicted octanol–water partition coefficient (Wildman–Crippen LogP) is 4.25. The topological polar surface area (TPSA) is 35.1 Å². The van der Waals surface area contributed by atoms with Crippen molar-refractivity contribution < 1.29 is 8.81 Å². The number of hydrogen-bond donors (Lipinski definition) is 0. The van der Waals surface area contributed by atoms with Gasteiger partial charge < -0.3 is 4.42 Å². The number of aryl methyl sites for hydroxylation is 1. The van der Waals surface area contributed by atoms with Crippen molar-refractivity contribution in [3.8, 4) is 0 Å². The first-order chi connectivity index (χ1) is 9.99. The van der Waals surface area contributed by atoms with Crippen LogP contribution < -0.4 is 5.76 Å². The van der Waals surface area contributed by atoms with Crippen LogP contribution in [0.25, 0.3) is 11.1 Å². The van der Waals surface area contributed by atoms with Gasteiger partial charge >= 0.3 is 5.76 Å². The van der Waals surface area contributed by atoms with Crippen LogP contribution in [0.1, 0.15) is 16.5 Å². The molecule has 0 radical (unpaired) electrons. The van der Waals surface area contributed by atoms with Crippen molar-refractivity contribution >= 4 is 34.3 Å². The summed E-state index contributed by atoms with van der Waals surface area (Å²) in [6.07, 6.45) is 0. The van der Waals surface area contributed by atoms with Gasteiger partial charge in [-0.2, -0.15) is 0 Å². The summed E-state index contributed by atoms with van der Waals surface area (Å²) in [7, 11) is 1.61. The van der Waals surface area contributed by atoms with Crippen molar-refractivity contribution in [3.63, 3.8) is 0 Å². The Morgan fingerprint density at radius 3 is 2.81 bits per heavy atom. The molecule has 21 heavy (non-hydrogen) atoms. The monoisotopic (exact) mass is 325 g/mol. The molecule has 3 aromatic rings. The SMILES string of the molecule is Cn1c(=O)oc2cc(C(Cl)c3cccc(Cl)c3F)ccc21. The average Bonchev–Trinajstić information content (AvgIpc) is 2.76. The molecular weight excluding hydrogens is 316 g/mol. The fraction of sp³-hybridized carbons (Fsp3) is 0.133. The van der Waals surface area contributed by atoms with Gasteiger partial charge in [0.15, 0.2) is 5.58 Å². The lowest BCUT2D eigenvalue weighted by molar-refractivity contribution is 0.528. The molecule has 3 nitrogen and oxygen atoms in total. The molecule has 0 aliphatic carbocycles. The summed E-state index contributed by atoms with van der Waals surface area (Å²) in [5.41, 5.74) is 1.97. The summed E-state index contributed by atoms with van der Waals surface area (Å²) < 4.78 is 20.5. The van der Waals surface area contributed by atoms with Crippen molar-refractivity contribution in [3.05, 3.63) is 68.9 Å². The molecule has 1 aromatic heterocycles. The molecule has 0 saturated carbocycles. The Hall–Kier alpha value is -1.78. The van der Waals surface area contributed by atoms with Crippen LogP contribution in [0.15, 0.2) is 45.6 Å². The van der Waals surface area contributed by atoms with Gasteiger partial charge in [-0.15, -0.1) is 11.6 Å². The largest absolute Gasteiger partial charge is 0.419 e. The number of hydrogen-bond acceptors (Lipinski definition) is 2. The molecule has 1 unspecified atom stereocenters. The van der Waals surface area contributed by atoms with E-state index in [2.05, 4.69) is 0 Å². The number of fused-ring (bicyclic) bond motifs is 1. The Morgan fingerprint density at radius 1 is 1.29 bits per heavy atom. The zero-order valence-electron chi connectivity index (χ0n) is 10.9. The van der Waals surface area contributed by atoms with E-state index in [1.54, 1.807) is 37.4 Å². The van der Waals surface area contributed by atoms with E-state index in [9.17, 15) is 9.18 Å². The number of nitrogens with zero attached hydrogens (tertiary/aromatic N) is 1. The van der Waals surface area contributed by atoms with E-state index in [4.69, 9.17) is 27.6 Å². The first-order valence-corrected chi connectivity index (χ1v) is 6.98. The fourth-order valence-corrected chi connectivity index (χ4v) is 2.69. The van der Waals surface area contributed by atoms with Gasteiger partial charge in [0.25, 0.3) is 0 Å². The lowest BCUT2D eigenvalue weighted by Crippen LogP contribution is -2.08. The Bertz CT molecular complexity index is 885. The van der Waals surface area contributed by atoms with Crippen LogP contribution in [-0.4, -0.2) is 4.57 Å². The second-order valence-corrected chi connectivity index (χ2v) is 5.50. The second kappa shape index (κ2) is 5.20. The molecule has 0 amide bonds. The van der Waals surface area contributed by atoms with Gasteiger partial charge in [0, 0.05) is 12.6 Å². The molecule has 0 bridgehead atoms. The quantitative estimate of drug-likeness (QED) is 0.660. The maximum atomic E-state index is 14.0. The minimum absolute atomic E-state index is 0.0190. The Balaban J connectivity index is 2.11. The van der Waals surface area contributed by atoms with Crippen molar-refractivity contribution in [2.24, 2.45) is 7.05 Å². The lowest BCUT2D eigenvalue weighted by Gasteiger charge is -2.12. The van der Waals surface area contributed by atoms with Gasteiger partial charge in [-0.1, -0.05) is 29.8 Å². The van der Waals surface area contributed by atoms with E-state index in [0.717, 1.165) is 0 Å². The van der Waals surface area contributed by atoms with Crippen molar-refractivity contribution in [2.75, 3.05) is 0 Å². The molecule has 0 aliphatic heterocycles. The highest BCUT2D eigenvalue weighted by Gasteiger charge is 2.18. The normalized spacial score (nSPS) is 12.8. The molecule has 2 aromatic carbocycles. The standard InChI is InChI=1S/C15H10Cl2FNO2/c1-19-11-6-5-8(7-12(11)21-15(19)20)13(17)9-3-2-4-10(16)14(9)18/h2-7,13H,1H3. The van der Waals surface area contributed by atoms with Crippen molar-refractivity contribution in [1.29, 1.82) is 0 Å². The zero-order chi connectivity index (χ0) is 15.1. The van der Waals surface area contributed by atoms with E-state index in [0.29, 0.717) is 16.7 Å². The predicted molar refractivity (Wildman–Crippen MR) is 80.6 cm³/mol. The summed E-state index contributed by atoms with van der Waals surface area (Å²) in [4.78, 5) is 11.5. The number of benzene rings is 2. The molecule has 108 valence electrons. The number of oxazole rings is 1. The highest BCUT2D eigenvalue weighted by atomic mass is 35.5. The van der Waals surface area contributed by atoms with E-state index in [1.165, 1.54) is 10.6 Å². The third kappa shape index (κ3) is 2.34. The maximum absolute atomic E-state index is 14.0. The van der Waals surface area contributed by atoms with Gasteiger partial charge in [0.05, 0.1) is 15.9 Å². The van der Waals surface area contributed by atoms with Crippen LogP contribution in [0.5, 0.6) is 0 Å². The van der Waals surface area contributed by atoms with Gasteiger partial charge in [-0.3, -0.25) is 4.57 Å². The molecule has 1 heterocycles. The average molecular weight is 326 g/mol. The highest BCUT2D eigenvalue weighted by molar-refractivity contribution is 6.31. The van der Waals surface area contributed by atoms with Gasteiger partial charge in [0.2, 0.25) is 0 Å². The van der Waals surface area contributed by atoms with Crippen LogP contribution >= 0.6 is 23.2 Å². The summed E-state index contributed by atoms with van der Waals surface area (Å²) in [6.45, 7) is 0. The maximum Gasteiger partial charge on any atom is 0.419 e. The molecule has 0 fully saturated rings. The molecule has 1 atom stereocenters. The van der Waals surface area contributed by atoms with Gasteiger partial charge in [-0.05, 0) is 23.8 Å². The number of alkyl halides is 1. The van der Waals surface area contributed by atoms with Gasteiger partial charge in [0.1, 0.15) is 5.82 Å². The zero-order valence-corrected chi connectivity index (χ0v) is 12.5. The molecule has 0 saturated heterocycles. The Kier molecular flexibility index (Phi) is 3.51. The van der Waals surface area contributed by atoms with Crippen LogP contribution in [-0.2, 0) is 7.05 Å². The minimum Gasteiger partial charge on any atom is -0.408 e. The summed E-state index contributed by atoms with van der Waals surface area (Å²) in [6, 6.07) is 9.75. The molecule has 0 aliphatic rings. The highest BCUT2D eigenvalue weighted by Crippen LogP contribution is 2.34. The van der Waals surface area contributed by atoms with Crippen LogP contribution in [0, 0.1) is 5.82 Å². The molecule has 6 heteroatoms. The minimum atomic E-state index is -0.724. The molecular formula is C15H10Cl2FNO2. The Labute approximate surface area is 129 Å². The van der Waals surface area contributed by atoms with Crippen LogP contribution in [0.4, 0.5) is 4.39 Å². The second-order valence-electron chi connectivity index (χ2n) is 4.66. The van der Waals surface area contributed by atoms with Gasteiger partial charge in [-0.25, -0.2) is 9.18 Å². The first-order valence-electron chi connectivity index (χ1n) is 6.16. The molecule has 0 spiro atoms. The van der Waals surface area contributed by atoms with Crippen molar-refractivity contribution in [2.45, 2.75) is 5.38 Å². The molecule has 0 N–H and O–H groups in total. The summed E-state index contributed by atoms with van der Waals surface area (Å²) >= 11 is 12.1. The summed E-state index contributed by atoms with van der Waals surface area (Å²) in [5, 5.41) is -0.705. The number of rotatable bonds is 2. The van der Waals surface area contributed by atoms with Crippen LogP contribution in [0.3, 0.4) is 0 Å². The van der Waals surface area contributed by atoms with Crippen LogP contribution in [0.2, 0.25) is 5.02 Å². The van der Waals surface area contributed by atoms with E-state index >= 15 is 0 Å². The first kappa shape index (κ1) is 14.2. The third-order valence-electron chi connectivity index (χ3n) is 3.36. The van der Waals surface area contributed by atoms with Crippen molar-refractivity contribution in [1.82, 2.24) is 4.57 Å². The number of halogens is 3. The van der Waals surface area contributed by atoms with E-state index in [1.807, 2.05) is 0 Å². The van der Waals surface area contributed by atoms with E-state index < -0.39 is 17.0 Å². The third-order valence-corrected chi connectivity index (χ3v) is 4.14.